The summed E-state index contributed by atoms with van der Waals surface area (Å²) in [7, 11) is 1.90. The maximum absolute atomic E-state index is 12.9. The average molecular weight is 346 g/mol. The van der Waals surface area contributed by atoms with Crippen LogP contribution in [0.5, 0.6) is 0 Å². The van der Waals surface area contributed by atoms with E-state index in [1.165, 1.54) is 11.3 Å². The Hall–Kier alpha value is -2.26. The van der Waals surface area contributed by atoms with Crippen molar-refractivity contribution in [2.75, 3.05) is 19.7 Å². The van der Waals surface area contributed by atoms with Gasteiger partial charge in [-0.25, -0.2) is 4.98 Å². The van der Waals surface area contributed by atoms with Crippen LogP contribution in [0.15, 0.2) is 6.07 Å². The Morgan fingerprint density at radius 3 is 3.00 bits per heavy atom. The molecule has 3 aromatic heterocycles. The van der Waals surface area contributed by atoms with Gasteiger partial charge in [-0.15, -0.1) is 11.3 Å². The maximum atomic E-state index is 12.9. The summed E-state index contributed by atoms with van der Waals surface area (Å²) in [4.78, 5) is 20.7. The number of fused-ring (bicyclic) bond motifs is 1. The molecule has 0 radical (unpaired) electrons. The molecule has 0 saturated carbocycles. The van der Waals surface area contributed by atoms with Crippen LogP contribution in [-0.4, -0.2) is 55.5 Å². The highest BCUT2D eigenvalue weighted by atomic mass is 32.1. The van der Waals surface area contributed by atoms with Crippen molar-refractivity contribution in [1.82, 2.24) is 29.9 Å². The van der Waals surface area contributed by atoms with Gasteiger partial charge in [-0.3, -0.25) is 14.6 Å². The van der Waals surface area contributed by atoms with Crippen molar-refractivity contribution in [1.29, 1.82) is 0 Å². The van der Waals surface area contributed by atoms with Gasteiger partial charge in [0.05, 0.1) is 23.7 Å². The summed E-state index contributed by atoms with van der Waals surface area (Å²) in [6.07, 6.45) is -0.287. The van der Waals surface area contributed by atoms with Gasteiger partial charge in [0.15, 0.2) is 5.82 Å². The van der Waals surface area contributed by atoms with Crippen LogP contribution in [0.2, 0.25) is 0 Å². The maximum Gasteiger partial charge on any atom is 0.264 e. The second-order valence-corrected chi connectivity index (χ2v) is 6.96. The molecule has 1 fully saturated rings. The van der Waals surface area contributed by atoms with Gasteiger partial charge in [-0.1, -0.05) is 0 Å². The largest absolute Gasteiger partial charge is 0.366 e. The number of thiophene rings is 1. The molecule has 1 amide bonds. The molecule has 1 unspecified atom stereocenters. The number of carbonyl (C=O) groups excluding carboxylic acids is 1. The second kappa shape index (κ2) is 5.67. The van der Waals surface area contributed by atoms with Crippen molar-refractivity contribution < 1.29 is 9.53 Å². The summed E-state index contributed by atoms with van der Waals surface area (Å²) >= 11 is 1.48. The first-order valence-electron chi connectivity index (χ1n) is 7.76. The monoisotopic (exact) mass is 346 g/mol. The molecule has 1 aliphatic heterocycles. The number of aryl methyl sites for hydroxylation is 3. The fraction of sp³-hybridized carbons (Fsp3) is 0.467. The third-order valence-electron chi connectivity index (χ3n) is 4.16. The van der Waals surface area contributed by atoms with Crippen molar-refractivity contribution in [2.24, 2.45) is 7.05 Å². The van der Waals surface area contributed by atoms with Gasteiger partial charge in [0.2, 0.25) is 0 Å². The lowest BCUT2D eigenvalue weighted by molar-refractivity contribution is -0.0265. The zero-order valence-corrected chi connectivity index (χ0v) is 14.6. The smallest absolute Gasteiger partial charge is 0.264 e. The Morgan fingerprint density at radius 2 is 2.29 bits per heavy atom. The van der Waals surface area contributed by atoms with E-state index in [1.54, 1.807) is 0 Å². The first-order valence-corrected chi connectivity index (χ1v) is 8.57. The van der Waals surface area contributed by atoms with Crippen LogP contribution in [0, 0.1) is 13.8 Å². The molecule has 9 heteroatoms. The number of hydrogen-bond acceptors (Lipinski definition) is 6. The van der Waals surface area contributed by atoms with E-state index < -0.39 is 0 Å². The van der Waals surface area contributed by atoms with Gasteiger partial charge in [0, 0.05) is 19.0 Å². The van der Waals surface area contributed by atoms with E-state index in [9.17, 15) is 4.79 Å². The summed E-state index contributed by atoms with van der Waals surface area (Å²) in [6.45, 7) is 5.32. The van der Waals surface area contributed by atoms with Crippen molar-refractivity contribution in [2.45, 2.75) is 20.0 Å². The zero-order chi connectivity index (χ0) is 16.8. The van der Waals surface area contributed by atoms with E-state index in [2.05, 4.69) is 20.3 Å². The molecular weight excluding hydrogens is 328 g/mol. The first-order chi connectivity index (χ1) is 11.5. The van der Waals surface area contributed by atoms with Crippen molar-refractivity contribution in [3.63, 3.8) is 0 Å². The highest BCUT2D eigenvalue weighted by molar-refractivity contribution is 7.20. The molecule has 126 valence electrons. The number of ether oxygens (including phenoxy) is 1. The molecule has 0 aliphatic carbocycles. The number of hydrogen-bond donors (Lipinski definition) is 1. The van der Waals surface area contributed by atoms with E-state index in [1.807, 2.05) is 36.5 Å². The van der Waals surface area contributed by atoms with Crippen LogP contribution in [0.1, 0.15) is 33.1 Å². The Kier molecular flexibility index (Phi) is 3.61. The molecular formula is C15H18N6O2S. The molecule has 1 N–H and O–H groups in total. The molecule has 8 nitrogen and oxygen atoms in total. The number of nitrogens with zero attached hydrogens (tertiary/aromatic N) is 5. The predicted octanol–water partition coefficient (Wildman–Crippen LogP) is 1.58. The fourth-order valence-corrected chi connectivity index (χ4v) is 4.05. The lowest BCUT2D eigenvalue weighted by atomic mass is 10.2. The highest BCUT2D eigenvalue weighted by Gasteiger charge is 2.29. The third-order valence-corrected chi connectivity index (χ3v) is 5.35. The quantitative estimate of drug-likeness (QED) is 0.761. The predicted molar refractivity (Wildman–Crippen MR) is 89.0 cm³/mol. The van der Waals surface area contributed by atoms with Crippen LogP contribution in [-0.2, 0) is 11.8 Å². The van der Waals surface area contributed by atoms with Crippen molar-refractivity contribution >= 4 is 27.5 Å². The number of morpholine rings is 1. The number of amides is 1. The molecule has 1 saturated heterocycles. The summed E-state index contributed by atoms with van der Waals surface area (Å²) in [5.41, 5.74) is 0.943. The normalized spacial score (nSPS) is 18.5. The van der Waals surface area contributed by atoms with Gasteiger partial charge < -0.3 is 9.64 Å². The number of nitrogens with one attached hydrogen (secondary N) is 1. The molecule has 24 heavy (non-hydrogen) atoms. The number of aromatic amines is 1. The van der Waals surface area contributed by atoms with E-state index in [0.717, 1.165) is 26.6 Å². The van der Waals surface area contributed by atoms with Crippen LogP contribution >= 0.6 is 11.3 Å². The molecule has 4 rings (SSSR count). The van der Waals surface area contributed by atoms with Gasteiger partial charge in [0.1, 0.15) is 16.8 Å². The summed E-state index contributed by atoms with van der Waals surface area (Å²) in [5.74, 6) is 1.36. The Balaban J connectivity index is 1.57. The highest BCUT2D eigenvalue weighted by Crippen LogP contribution is 2.29. The SMILES string of the molecule is Cc1nc(C2CN(C(=O)c3cc4c(C)nn(C)c4s3)CCO2)n[nH]1. The van der Waals surface area contributed by atoms with Crippen LogP contribution in [0.25, 0.3) is 10.2 Å². The van der Waals surface area contributed by atoms with Crippen LogP contribution in [0.3, 0.4) is 0 Å². The molecule has 1 atom stereocenters. The van der Waals surface area contributed by atoms with Gasteiger partial charge in [-0.2, -0.15) is 10.2 Å². The Bertz CT molecular complexity index is 876. The number of H-pyrrole nitrogens is 1. The zero-order valence-electron chi connectivity index (χ0n) is 13.7. The van der Waals surface area contributed by atoms with E-state index >= 15 is 0 Å². The average Bonchev–Trinajstić information content (AvgIpc) is 3.25. The van der Waals surface area contributed by atoms with Gasteiger partial charge >= 0.3 is 0 Å². The first kappa shape index (κ1) is 15.3. The topological polar surface area (TPSA) is 88.9 Å². The van der Waals surface area contributed by atoms with Crippen LogP contribution < -0.4 is 0 Å². The molecule has 1 aliphatic rings. The summed E-state index contributed by atoms with van der Waals surface area (Å²) in [5, 5.41) is 12.4. The van der Waals surface area contributed by atoms with Gasteiger partial charge in [0.25, 0.3) is 5.91 Å². The molecule has 0 aromatic carbocycles. The van der Waals surface area contributed by atoms with E-state index in [-0.39, 0.29) is 12.0 Å². The minimum absolute atomic E-state index is 0.0242. The second-order valence-electron chi connectivity index (χ2n) is 5.93. The number of aromatic nitrogens is 5. The summed E-state index contributed by atoms with van der Waals surface area (Å²) < 4.78 is 7.55. The fourth-order valence-electron chi connectivity index (χ4n) is 2.96. The van der Waals surface area contributed by atoms with Crippen molar-refractivity contribution in [3.8, 4) is 0 Å². The Morgan fingerprint density at radius 1 is 1.46 bits per heavy atom. The minimum atomic E-state index is -0.287. The number of rotatable bonds is 2. The lowest BCUT2D eigenvalue weighted by Crippen LogP contribution is -2.42. The molecule has 4 heterocycles. The standard InChI is InChI=1S/C15H18N6O2S/c1-8-10-6-12(24-15(10)20(3)19-8)14(22)21-4-5-23-11(7-21)13-16-9(2)17-18-13/h6,11H,4-5,7H2,1-3H3,(H,16,17,18). The lowest BCUT2D eigenvalue weighted by Gasteiger charge is -2.31. The molecule has 3 aromatic rings. The van der Waals surface area contributed by atoms with Gasteiger partial charge in [-0.05, 0) is 19.9 Å². The minimum Gasteiger partial charge on any atom is -0.366 e. The van der Waals surface area contributed by atoms with Crippen LogP contribution in [0.4, 0.5) is 0 Å². The summed E-state index contributed by atoms with van der Waals surface area (Å²) in [6, 6.07) is 1.94. The molecule has 0 bridgehead atoms. The molecule has 0 spiro atoms. The Labute approximate surface area is 142 Å². The van der Waals surface area contributed by atoms with Crippen molar-refractivity contribution in [3.05, 3.63) is 28.3 Å². The van der Waals surface area contributed by atoms with E-state index in [4.69, 9.17) is 4.74 Å². The van der Waals surface area contributed by atoms with E-state index in [0.29, 0.717) is 25.5 Å². The third kappa shape index (κ3) is 2.49. The number of carbonyl (C=O) groups is 1.